The lowest BCUT2D eigenvalue weighted by Gasteiger charge is -2.06. The zero-order valence-corrected chi connectivity index (χ0v) is 8.29. The fourth-order valence-electron chi connectivity index (χ4n) is 0.874. The average molecular weight is 223 g/mol. The highest BCUT2D eigenvalue weighted by Crippen LogP contribution is 2.26. The third-order valence-corrected chi connectivity index (χ3v) is 2.01. The molecule has 0 aliphatic heterocycles. The molecule has 0 unspecified atom stereocenters. The molecule has 3 N–H and O–H groups in total. The van der Waals surface area contributed by atoms with E-state index in [2.05, 4.69) is 5.32 Å². The molecule has 0 saturated carbocycles. The van der Waals surface area contributed by atoms with E-state index in [0.29, 0.717) is 18.8 Å². The predicted octanol–water partition coefficient (Wildman–Crippen LogP) is 2.50. The van der Waals surface area contributed by atoms with Crippen molar-refractivity contribution in [3.05, 3.63) is 28.0 Å². The zero-order valence-electron chi connectivity index (χ0n) is 6.78. The summed E-state index contributed by atoms with van der Waals surface area (Å²) in [5, 5.41) is 2.96. The minimum Gasteiger partial charge on any atom is -0.384 e. The van der Waals surface area contributed by atoms with Crippen LogP contribution in [0.5, 0.6) is 0 Å². The van der Waals surface area contributed by atoms with E-state index in [-0.39, 0.29) is 10.0 Å². The topological polar surface area (TPSA) is 38.0 Å². The molecule has 0 atom stereocenters. The van der Waals surface area contributed by atoms with Crippen LogP contribution in [0.2, 0.25) is 10.0 Å². The fourth-order valence-corrected chi connectivity index (χ4v) is 1.36. The maximum atomic E-state index is 12.9. The van der Waals surface area contributed by atoms with E-state index in [9.17, 15) is 4.39 Å². The normalized spacial score (nSPS) is 10.2. The summed E-state index contributed by atoms with van der Waals surface area (Å²) >= 11 is 11.1. The van der Waals surface area contributed by atoms with Gasteiger partial charge in [0, 0.05) is 18.8 Å². The second-order valence-corrected chi connectivity index (χ2v) is 3.28. The summed E-state index contributed by atoms with van der Waals surface area (Å²) in [5.74, 6) is -0.596. The smallest absolute Gasteiger partial charge is 0.160 e. The van der Waals surface area contributed by atoms with E-state index >= 15 is 0 Å². The Kier molecular flexibility index (Phi) is 3.78. The Morgan fingerprint density at radius 1 is 1.31 bits per heavy atom. The van der Waals surface area contributed by atoms with Crippen molar-refractivity contribution in [2.45, 2.75) is 0 Å². The molecule has 0 radical (unpaired) electrons. The number of benzene rings is 1. The third-order valence-electron chi connectivity index (χ3n) is 1.46. The first-order valence-electron chi connectivity index (χ1n) is 3.73. The molecule has 0 aliphatic rings. The van der Waals surface area contributed by atoms with Gasteiger partial charge in [0.2, 0.25) is 0 Å². The van der Waals surface area contributed by atoms with Gasteiger partial charge in [0.25, 0.3) is 0 Å². The lowest BCUT2D eigenvalue weighted by molar-refractivity contribution is 0.629. The molecule has 0 spiro atoms. The Morgan fingerprint density at radius 3 is 2.31 bits per heavy atom. The second-order valence-electron chi connectivity index (χ2n) is 2.47. The molecule has 5 heteroatoms. The summed E-state index contributed by atoms with van der Waals surface area (Å²) in [5.41, 5.74) is 5.95. The van der Waals surface area contributed by atoms with Gasteiger partial charge in [-0.1, -0.05) is 23.2 Å². The summed E-state index contributed by atoms with van der Waals surface area (Å²) in [6, 6.07) is 2.94. The molecule has 1 aromatic carbocycles. The molecule has 0 saturated heterocycles. The van der Waals surface area contributed by atoms with Crippen LogP contribution in [0.1, 0.15) is 0 Å². The largest absolute Gasteiger partial charge is 0.384 e. The molecule has 1 rings (SSSR count). The van der Waals surface area contributed by atoms with Gasteiger partial charge in [-0.05, 0) is 12.1 Å². The number of hydrogen-bond acceptors (Lipinski definition) is 2. The van der Waals surface area contributed by atoms with Crippen LogP contribution >= 0.6 is 23.2 Å². The van der Waals surface area contributed by atoms with Crippen molar-refractivity contribution in [2.24, 2.45) is 5.73 Å². The van der Waals surface area contributed by atoms with Gasteiger partial charge in [0.15, 0.2) is 5.82 Å². The van der Waals surface area contributed by atoms with Crippen molar-refractivity contribution in [2.75, 3.05) is 18.4 Å². The minimum atomic E-state index is -0.596. The van der Waals surface area contributed by atoms with Crippen LogP contribution in [-0.2, 0) is 0 Å². The van der Waals surface area contributed by atoms with Crippen LogP contribution < -0.4 is 11.1 Å². The average Bonchev–Trinajstić information content (AvgIpc) is 2.10. The minimum absolute atomic E-state index is 0.00650. The van der Waals surface area contributed by atoms with Crippen molar-refractivity contribution in [3.63, 3.8) is 0 Å². The van der Waals surface area contributed by atoms with Crippen LogP contribution in [0.3, 0.4) is 0 Å². The molecule has 0 aliphatic carbocycles. The van der Waals surface area contributed by atoms with E-state index in [4.69, 9.17) is 28.9 Å². The highest BCUT2D eigenvalue weighted by atomic mass is 35.5. The van der Waals surface area contributed by atoms with E-state index in [1.54, 1.807) is 0 Å². The zero-order chi connectivity index (χ0) is 9.84. The van der Waals surface area contributed by atoms with Crippen molar-refractivity contribution < 1.29 is 4.39 Å². The van der Waals surface area contributed by atoms with Gasteiger partial charge in [-0.2, -0.15) is 0 Å². The van der Waals surface area contributed by atoms with E-state index in [0.717, 1.165) is 0 Å². The van der Waals surface area contributed by atoms with Crippen LogP contribution in [0.25, 0.3) is 0 Å². The highest BCUT2D eigenvalue weighted by Gasteiger charge is 2.06. The van der Waals surface area contributed by atoms with Gasteiger partial charge >= 0.3 is 0 Å². The molecular formula is C8H9Cl2FN2. The number of rotatable bonds is 3. The first-order chi connectivity index (χ1) is 6.15. The Balaban J connectivity index is 2.86. The maximum Gasteiger partial charge on any atom is 0.160 e. The Morgan fingerprint density at radius 2 is 1.85 bits per heavy atom. The van der Waals surface area contributed by atoms with Crippen molar-refractivity contribution in [3.8, 4) is 0 Å². The summed E-state index contributed by atoms with van der Waals surface area (Å²) in [6.45, 7) is 1.09. The number of halogens is 3. The number of nitrogens with two attached hydrogens (primary N) is 1. The van der Waals surface area contributed by atoms with Gasteiger partial charge in [-0.15, -0.1) is 0 Å². The molecule has 0 bridgehead atoms. The molecular weight excluding hydrogens is 214 g/mol. The Labute approximate surface area is 85.8 Å². The summed E-state index contributed by atoms with van der Waals surface area (Å²) in [4.78, 5) is 0. The van der Waals surface area contributed by atoms with E-state index in [1.807, 2.05) is 0 Å². The van der Waals surface area contributed by atoms with Crippen molar-refractivity contribution >= 4 is 28.9 Å². The predicted molar refractivity (Wildman–Crippen MR) is 54.0 cm³/mol. The molecule has 0 amide bonds. The fraction of sp³-hybridized carbons (Fsp3) is 0.250. The van der Waals surface area contributed by atoms with Gasteiger partial charge in [0.05, 0.1) is 10.0 Å². The number of hydrogen-bond donors (Lipinski definition) is 2. The molecule has 0 fully saturated rings. The second kappa shape index (κ2) is 4.65. The van der Waals surface area contributed by atoms with Crippen LogP contribution in [0.15, 0.2) is 12.1 Å². The van der Waals surface area contributed by atoms with Crippen LogP contribution in [0, 0.1) is 5.82 Å². The maximum absolute atomic E-state index is 12.9. The lowest BCUT2D eigenvalue weighted by Crippen LogP contribution is -2.13. The number of anilines is 1. The molecule has 0 aromatic heterocycles. The first-order valence-corrected chi connectivity index (χ1v) is 4.49. The molecule has 72 valence electrons. The van der Waals surface area contributed by atoms with E-state index in [1.165, 1.54) is 12.1 Å². The van der Waals surface area contributed by atoms with Gasteiger partial charge < -0.3 is 11.1 Å². The van der Waals surface area contributed by atoms with E-state index < -0.39 is 5.82 Å². The lowest BCUT2D eigenvalue weighted by atomic mass is 10.3. The highest BCUT2D eigenvalue weighted by molar-refractivity contribution is 6.35. The quantitative estimate of drug-likeness (QED) is 0.772. The molecule has 2 nitrogen and oxygen atoms in total. The Hall–Kier alpha value is -0.510. The molecule has 1 aromatic rings. The van der Waals surface area contributed by atoms with Crippen LogP contribution in [0.4, 0.5) is 10.1 Å². The standard InChI is InChI=1S/C8H9Cl2FN2/c9-6-3-5(13-2-1-12)4-7(10)8(6)11/h3-4,13H,1-2,12H2. The van der Waals surface area contributed by atoms with Gasteiger partial charge in [0.1, 0.15) is 0 Å². The van der Waals surface area contributed by atoms with Crippen molar-refractivity contribution in [1.82, 2.24) is 0 Å². The number of nitrogens with one attached hydrogen (secondary N) is 1. The first kappa shape index (κ1) is 10.6. The third kappa shape index (κ3) is 2.72. The molecule has 13 heavy (non-hydrogen) atoms. The van der Waals surface area contributed by atoms with Crippen LogP contribution in [-0.4, -0.2) is 13.1 Å². The summed E-state index contributed by atoms with van der Waals surface area (Å²) < 4.78 is 12.9. The van der Waals surface area contributed by atoms with Crippen molar-refractivity contribution in [1.29, 1.82) is 0 Å². The van der Waals surface area contributed by atoms with Gasteiger partial charge in [-0.3, -0.25) is 0 Å². The monoisotopic (exact) mass is 222 g/mol. The van der Waals surface area contributed by atoms with Gasteiger partial charge in [-0.25, -0.2) is 4.39 Å². The summed E-state index contributed by atoms with van der Waals surface area (Å²) in [7, 11) is 0. The summed E-state index contributed by atoms with van der Waals surface area (Å²) in [6.07, 6.45) is 0. The SMILES string of the molecule is NCCNc1cc(Cl)c(F)c(Cl)c1. The Bertz CT molecular complexity index is 281. The molecule has 0 heterocycles.